The Labute approximate surface area is 130 Å². The highest BCUT2D eigenvalue weighted by atomic mass is 16.1. The van der Waals surface area contributed by atoms with E-state index in [9.17, 15) is 4.79 Å². The highest BCUT2D eigenvalue weighted by Crippen LogP contribution is 2.22. The van der Waals surface area contributed by atoms with Gasteiger partial charge in [0.2, 0.25) is 5.91 Å². The fraction of sp³-hybridized carbons (Fsp3) is 0.105. The molecule has 1 radical (unpaired) electrons. The average molecular weight is 289 g/mol. The van der Waals surface area contributed by atoms with Gasteiger partial charge in [0.1, 0.15) is 0 Å². The van der Waals surface area contributed by atoms with Crippen molar-refractivity contribution in [3.63, 3.8) is 0 Å². The number of para-hydroxylation sites is 1. The summed E-state index contributed by atoms with van der Waals surface area (Å²) in [5.41, 5.74) is 2.60. The minimum absolute atomic E-state index is 0.0571. The van der Waals surface area contributed by atoms with Crippen LogP contribution in [-0.4, -0.2) is 10.9 Å². The van der Waals surface area contributed by atoms with Gasteiger partial charge in [-0.3, -0.25) is 9.78 Å². The van der Waals surface area contributed by atoms with Crippen LogP contribution in [0.3, 0.4) is 0 Å². The van der Waals surface area contributed by atoms with Crippen molar-refractivity contribution >= 4 is 22.5 Å². The van der Waals surface area contributed by atoms with Crippen LogP contribution in [0.5, 0.6) is 0 Å². The van der Waals surface area contributed by atoms with Crippen molar-refractivity contribution in [1.82, 2.24) is 4.98 Å². The highest BCUT2D eigenvalue weighted by Gasteiger charge is 2.18. The van der Waals surface area contributed by atoms with Crippen LogP contribution in [0.15, 0.2) is 66.9 Å². The Morgan fingerprint density at radius 2 is 1.82 bits per heavy atom. The minimum Gasteiger partial charge on any atom is -0.324 e. The van der Waals surface area contributed by atoms with Crippen molar-refractivity contribution in [1.29, 1.82) is 0 Å². The van der Waals surface area contributed by atoms with Crippen molar-refractivity contribution < 1.29 is 4.79 Å². The molecule has 0 aliphatic carbocycles. The monoisotopic (exact) mass is 289 g/mol. The van der Waals surface area contributed by atoms with Crippen LogP contribution in [-0.2, 0) is 4.79 Å². The number of hydrogen-bond donors (Lipinski definition) is 1. The van der Waals surface area contributed by atoms with Gasteiger partial charge in [0, 0.05) is 5.39 Å². The Kier molecular flexibility index (Phi) is 4.15. The maximum atomic E-state index is 12.5. The zero-order valence-electron chi connectivity index (χ0n) is 12.2. The van der Waals surface area contributed by atoms with Crippen LogP contribution in [0.25, 0.3) is 10.9 Å². The van der Waals surface area contributed by atoms with E-state index in [-0.39, 0.29) is 11.8 Å². The highest BCUT2D eigenvalue weighted by molar-refractivity contribution is 5.97. The molecule has 1 aromatic heterocycles. The molecule has 109 valence electrons. The summed E-state index contributed by atoms with van der Waals surface area (Å²) in [5.74, 6) is -0.314. The number of pyridine rings is 1. The van der Waals surface area contributed by atoms with Crippen molar-refractivity contribution in [2.24, 2.45) is 0 Å². The van der Waals surface area contributed by atoms with Crippen LogP contribution < -0.4 is 5.32 Å². The van der Waals surface area contributed by atoms with Gasteiger partial charge in [0.05, 0.1) is 23.3 Å². The topological polar surface area (TPSA) is 42.0 Å². The molecule has 3 rings (SSSR count). The van der Waals surface area contributed by atoms with Crippen LogP contribution in [0, 0.1) is 6.92 Å². The van der Waals surface area contributed by atoms with Crippen LogP contribution in [0.1, 0.15) is 17.9 Å². The van der Waals surface area contributed by atoms with E-state index in [1.807, 2.05) is 60.7 Å². The lowest BCUT2D eigenvalue weighted by Crippen LogP contribution is -2.20. The van der Waals surface area contributed by atoms with Gasteiger partial charge in [-0.05, 0) is 24.1 Å². The summed E-state index contributed by atoms with van der Waals surface area (Å²) >= 11 is 0. The average Bonchev–Trinajstić information content (AvgIpc) is 2.56. The summed E-state index contributed by atoms with van der Waals surface area (Å²) in [4.78, 5) is 16.9. The summed E-state index contributed by atoms with van der Waals surface area (Å²) in [7, 11) is 0. The fourth-order valence-electron chi connectivity index (χ4n) is 2.50. The molecule has 1 N–H and O–H groups in total. The minimum atomic E-state index is -0.257. The van der Waals surface area contributed by atoms with Gasteiger partial charge in [0.25, 0.3) is 0 Å². The van der Waals surface area contributed by atoms with E-state index in [0.717, 1.165) is 16.5 Å². The Morgan fingerprint density at radius 1 is 1.09 bits per heavy atom. The number of rotatable bonds is 4. The molecule has 1 heterocycles. The third-order valence-corrected chi connectivity index (χ3v) is 3.67. The standard InChI is InChI=1S/C19H17N2O/c1-2-17(14-8-4-3-5-9-14)19(22)21-16-12-15-10-6-7-11-18(15)20-13-16/h3-13,17H,1-2H2,(H,21,22). The summed E-state index contributed by atoms with van der Waals surface area (Å²) in [5, 5.41) is 3.95. The zero-order chi connectivity index (χ0) is 15.4. The first-order valence-corrected chi connectivity index (χ1v) is 7.28. The number of fused-ring (bicyclic) bond motifs is 1. The molecule has 1 amide bonds. The van der Waals surface area contributed by atoms with Gasteiger partial charge in [-0.25, -0.2) is 0 Å². The van der Waals surface area contributed by atoms with E-state index in [2.05, 4.69) is 17.2 Å². The molecule has 2 aromatic carbocycles. The molecule has 0 aliphatic heterocycles. The summed E-state index contributed by atoms with van der Waals surface area (Å²) in [6, 6.07) is 19.5. The Morgan fingerprint density at radius 3 is 2.59 bits per heavy atom. The van der Waals surface area contributed by atoms with Crippen LogP contribution >= 0.6 is 0 Å². The maximum Gasteiger partial charge on any atom is 0.231 e. The lowest BCUT2D eigenvalue weighted by atomic mass is 9.95. The molecule has 1 atom stereocenters. The van der Waals surface area contributed by atoms with E-state index in [1.54, 1.807) is 6.20 Å². The number of nitrogens with zero attached hydrogens (tertiary/aromatic N) is 1. The van der Waals surface area contributed by atoms with Gasteiger partial charge in [0.15, 0.2) is 0 Å². The normalized spacial score (nSPS) is 12.0. The van der Waals surface area contributed by atoms with E-state index in [4.69, 9.17) is 0 Å². The number of aromatic nitrogens is 1. The molecule has 0 bridgehead atoms. The summed E-state index contributed by atoms with van der Waals surface area (Å²) in [6.07, 6.45) is 2.20. The molecule has 0 fully saturated rings. The first kappa shape index (κ1) is 14.3. The van der Waals surface area contributed by atoms with Gasteiger partial charge in [-0.15, -0.1) is 0 Å². The number of amides is 1. The predicted molar refractivity (Wildman–Crippen MR) is 89.5 cm³/mol. The largest absolute Gasteiger partial charge is 0.324 e. The second kappa shape index (κ2) is 6.39. The molecule has 0 aliphatic rings. The number of anilines is 1. The molecular formula is C19H17N2O. The summed E-state index contributed by atoms with van der Waals surface area (Å²) < 4.78 is 0. The first-order valence-electron chi connectivity index (χ1n) is 7.28. The van der Waals surface area contributed by atoms with E-state index >= 15 is 0 Å². The first-order chi connectivity index (χ1) is 10.8. The van der Waals surface area contributed by atoms with Gasteiger partial charge < -0.3 is 5.32 Å². The van der Waals surface area contributed by atoms with Crippen LogP contribution in [0.4, 0.5) is 5.69 Å². The van der Waals surface area contributed by atoms with Crippen molar-refractivity contribution in [2.75, 3.05) is 5.32 Å². The van der Waals surface area contributed by atoms with Gasteiger partial charge >= 0.3 is 0 Å². The molecule has 3 aromatic rings. The van der Waals surface area contributed by atoms with E-state index in [1.165, 1.54) is 0 Å². The fourth-order valence-corrected chi connectivity index (χ4v) is 2.50. The lowest BCUT2D eigenvalue weighted by molar-refractivity contribution is -0.117. The number of carbonyl (C=O) groups is 1. The third kappa shape index (κ3) is 2.98. The summed E-state index contributed by atoms with van der Waals surface area (Å²) in [6.45, 7) is 3.90. The smallest absolute Gasteiger partial charge is 0.231 e. The van der Waals surface area contributed by atoms with Gasteiger partial charge in [-0.1, -0.05) is 55.5 Å². The molecule has 0 spiro atoms. The number of carbonyl (C=O) groups excluding carboxylic acids is 1. The zero-order valence-corrected chi connectivity index (χ0v) is 12.2. The number of hydrogen-bond acceptors (Lipinski definition) is 2. The van der Waals surface area contributed by atoms with Crippen LogP contribution in [0.2, 0.25) is 0 Å². The Bertz CT molecular complexity index is 784. The molecule has 3 nitrogen and oxygen atoms in total. The quantitative estimate of drug-likeness (QED) is 0.782. The molecule has 0 saturated carbocycles. The SMILES string of the molecule is [CH2]CC(C(=O)Nc1cnc2ccccc2c1)c1ccccc1. The Balaban J connectivity index is 1.82. The molecule has 3 heteroatoms. The molecule has 1 unspecified atom stereocenters. The van der Waals surface area contributed by atoms with Crippen molar-refractivity contribution in [3.8, 4) is 0 Å². The number of benzene rings is 2. The lowest BCUT2D eigenvalue weighted by Gasteiger charge is -2.15. The maximum absolute atomic E-state index is 12.5. The van der Waals surface area contributed by atoms with Crippen molar-refractivity contribution in [2.45, 2.75) is 12.3 Å². The predicted octanol–water partition coefficient (Wildman–Crippen LogP) is 4.18. The van der Waals surface area contributed by atoms with Gasteiger partial charge in [-0.2, -0.15) is 0 Å². The van der Waals surface area contributed by atoms with E-state index < -0.39 is 0 Å². The molecular weight excluding hydrogens is 272 g/mol. The van der Waals surface area contributed by atoms with Crippen molar-refractivity contribution in [3.05, 3.63) is 79.3 Å². The molecule has 0 saturated heterocycles. The Hall–Kier alpha value is -2.68. The second-order valence-electron chi connectivity index (χ2n) is 5.16. The second-order valence-corrected chi connectivity index (χ2v) is 5.16. The van der Waals surface area contributed by atoms with E-state index in [0.29, 0.717) is 12.1 Å². The third-order valence-electron chi connectivity index (χ3n) is 3.67. The molecule has 22 heavy (non-hydrogen) atoms. The number of nitrogens with one attached hydrogen (secondary N) is 1.